The lowest BCUT2D eigenvalue weighted by Gasteiger charge is -2.13. The van der Waals surface area contributed by atoms with Crippen LogP contribution in [0.15, 0.2) is 199 Å². The maximum atomic E-state index is 6.59. The van der Waals surface area contributed by atoms with Crippen LogP contribution in [0.2, 0.25) is 0 Å². The molecular formula is C53H32N4O. The molecule has 9 aromatic carbocycles. The van der Waals surface area contributed by atoms with Gasteiger partial charge in [-0.05, 0) is 63.7 Å². The molecule has 5 nitrogen and oxygen atoms in total. The molecule has 0 aliphatic heterocycles. The first-order chi connectivity index (χ1) is 28.8. The first-order valence-electron chi connectivity index (χ1n) is 19.5. The Morgan fingerprint density at radius 1 is 0.345 bits per heavy atom. The minimum Gasteiger partial charge on any atom is -0.456 e. The molecule has 0 aliphatic carbocycles. The molecule has 0 saturated heterocycles. The van der Waals surface area contributed by atoms with Crippen molar-refractivity contribution in [3.63, 3.8) is 0 Å². The van der Waals surface area contributed by atoms with E-state index in [0.29, 0.717) is 17.5 Å². The van der Waals surface area contributed by atoms with E-state index < -0.39 is 0 Å². The zero-order chi connectivity index (χ0) is 38.2. The Hall–Kier alpha value is -7.89. The average Bonchev–Trinajstić information content (AvgIpc) is 3.86. The maximum absolute atomic E-state index is 6.59. The van der Waals surface area contributed by atoms with Gasteiger partial charge in [0.1, 0.15) is 11.2 Å². The second-order valence-corrected chi connectivity index (χ2v) is 14.7. The molecule has 270 valence electrons. The largest absolute Gasteiger partial charge is 0.456 e. The zero-order valence-electron chi connectivity index (χ0n) is 31.2. The highest BCUT2D eigenvalue weighted by atomic mass is 16.3. The van der Waals surface area contributed by atoms with Gasteiger partial charge in [0.05, 0.1) is 11.0 Å². The molecule has 3 heterocycles. The molecule has 0 amide bonds. The van der Waals surface area contributed by atoms with Gasteiger partial charge in [-0.2, -0.15) is 0 Å². The second-order valence-electron chi connectivity index (χ2n) is 14.7. The standard InChI is InChI=1S/C53H32N4O/c1-3-14-34(15-4-1)51-54-52(35-16-5-2-6-17-35)56-53(55-51)44-23-13-25-46-48(44)43-31-28-36(32-47(43)58-46)33-26-29-37(30-27-33)57-45-24-12-11-22-42(45)49-40-20-9-7-18-38(40)39-19-8-10-21-41(39)50(49)57/h1-32H. The van der Waals surface area contributed by atoms with Crippen LogP contribution in [0.25, 0.3) is 116 Å². The minimum absolute atomic E-state index is 0.603. The topological polar surface area (TPSA) is 56.7 Å². The molecule has 12 rings (SSSR count). The van der Waals surface area contributed by atoms with E-state index in [1.54, 1.807) is 0 Å². The molecule has 0 aliphatic rings. The van der Waals surface area contributed by atoms with Gasteiger partial charge >= 0.3 is 0 Å². The lowest BCUT2D eigenvalue weighted by molar-refractivity contribution is 0.669. The highest BCUT2D eigenvalue weighted by Crippen LogP contribution is 2.43. The summed E-state index contributed by atoms with van der Waals surface area (Å²) in [6, 6.07) is 68.0. The number of para-hydroxylation sites is 1. The van der Waals surface area contributed by atoms with Crippen LogP contribution in [0, 0.1) is 0 Å². The highest BCUT2D eigenvalue weighted by Gasteiger charge is 2.20. The van der Waals surface area contributed by atoms with Crippen molar-refractivity contribution < 1.29 is 4.42 Å². The summed E-state index contributed by atoms with van der Waals surface area (Å²) in [5.74, 6) is 1.86. The average molecular weight is 741 g/mol. The lowest BCUT2D eigenvalue weighted by Crippen LogP contribution is -2.00. The molecule has 0 radical (unpaired) electrons. The maximum Gasteiger partial charge on any atom is 0.164 e. The predicted molar refractivity (Wildman–Crippen MR) is 238 cm³/mol. The molecule has 0 saturated carbocycles. The van der Waals surface area contributed by atoms with Gasteiger partial charge in [0.25, 0.3) is 0 Å². The van der Waals surface area contributed by atoms with Gasteiger partial charge in [-0.1, -0.05) is 158 Å². The van der Waals surface area contributed by atoms with Crippen molar-refractivity contribution in [2.24, 2.45) is 0 Å². The summed E-state index contributed by atoms with van der Waals surface area (Å²) < 4.78 is 9.02. The Morgan fingerprint density at radius 2 is 0.914 bits per heavy atom. The summed E-state index contributed by atoms with van der Waals surface area (Å²) in [5, 5.41) is 9.59. The molecule has 5 heteroatoms. The van der Waals surface area contributed by atoms with Crippen LogP contribution in [0.4, 0.5) is 0 Å². The number of furan rings is 1. The van der Waals surface area contributed by atoms with Crippen molar-refractivity contribution in [3.05, 3.63) is 194 Å². The summed E-state index contributed by atoms with van der Waals surface area (Å²) in [7, 11) is 0. The van der Waals surface area contributed by atoms with E-state index in [9.17, 15) is 0 Å². The summed E-state index contributed by atoms with van der Waals surface area (Å²) in [5.41, 5.74) is 10.1. The van der Waals surface area contributed by atoms with E-state index >= 15 is 0 Å². The number of rotatable bonds is 5. The Balaban J connectivity index is 0.981. The summed E-state index contributed by atoms with van der Waals surface area (Å²) in [4.78, 5) is 15.0. The van der Waals surface area contributed by atoms with Crippen molar-refractivity contribution >= 4 is 65.3 Å². The summed E-state index contributed by atoms with van der Waals surface area (Å²) in [6.45, 7) is 0. The van der Waals surface area contributed by atoms with Gasteiger partial charge in [0.2, 0.25) is 0 Å². The zero-order valence-corrected chi connectivity index (χ0v) is 31.2. The predicted octanol–water partition coefficient (Wildman–Crippen LogP) is 13.8. The summed E-state index contributed by atoms with van der Waals surface area (Å²) >= 11 is 0. The Bertz CT molecular complexity index is 3490. The van der Waals surface area contributed by atoms with Gasteiger partial charge < -0.3 is 8.98 Å². The fourth-order valence-corrected chi connectivity index (χ4v) is 8.82. The number of aromatic nitrogens is 4. The number of fused-ring (bicyclic) bond motifs is 11. The van der Waals surface area contributed by atoms with Crippen molar-refractivity contribution in [1.29, 1.82) is 0 Å². The molecule has 0 bridgehead atoms. The van der Waals surface area contributed by atoms with Crippen molar-refractivity contribution in [1.82, 2.24) is 19.5 Å². The third kappa shape index (κ3) is 5.00. The number of hydrogen-bond donors (Lipinski definition) is 0. The second kappa shape index (κ2) is 12.8. The monoisotopic (exact) mass is 740 g/mol. The van der Waals surface area contributed by atoms with Crippen molar-refractivity contribution in [2.45, 2.75) is 0 Å². The first kappa shape index (κ1) is 32.4. The number of nitrogens with zero attached hydrogens (tertiary/aromatic N) is 4. The molecule has 0 atom stereocenters. The van der Waals surface area contributed by atoms with Gasteiger partial charge in [-0.15, -0.1) is 0 Å². The quantitative estimate of drug-likeness (QED) is 0.165. The molecule has 12 aromatic rings. The normalized spacial score (nSPS) is 11.8. The van der Waals surface area contributed by atoms with E-state index in [-0.39, 0.29) is 0 Å². The van der Waals surface area contributed by atoms with Crippen LogP contribution in [0.5, 0.6) is 0 Å². The van der Waals surface area contributed by atoms with E-state index in [2.05, 4.69) is 126 Å². The van der Waals surface area contributed by atoms with E-state index in [0.717, 1.165) is 55.4 Å². The minimum atomic E-state index is 0.603. The van der Waals surface area contributed by atoms with E-state index in [4.69, 9.17) is 19.4 Å². The number of benzene rings is 9. The molecular weight excluding hydrogens is 709 g/mol. The third-order valence-corrected chi connectivity index (χ3v) is 11.4. The molecule has 0 unspecified atom stereocenters. The Kier molecular flexibility index (Phi) is 7.16. The molecule has 58 heavy (non-hydrogen) atoms. The van der Waals surface area contributed by atoms with Gasteiger partial charge in [-0.3, -0.25) is 0 Å². The van der Waals surface area contributed by atoms with Gasteiger partial charge in [-0.25, -0.2) is 15.0 Å². The van der Waals surface area contributed by atoms with Gasteiger partial charge in [0.15, 0.2) is 17.5 Å². The van der Waals surface area contributed by atoms with Crippen LogP contribution in [-0.2, 0) is 0 Å². The Labute approximate surface area is 333 Å². The molecule has 0 spiro atoms. The smallest absolute Gasteiger partial charge is 0.164 e. The molecule has 0 fully saturated rings. The van der Waals surface area contributed by atoms with Crippen molar-refractivity contribution in [3.8, 4) is 51.0 Å². The fourth-order valence-electron chi connectivity index (χ4n) is 8.82. The number of hydrogen-bond acceptors (Lipinski definition) is 4. The van der Waals surface area contributed by atoms with Crippen LogP contribution in [0.1, 0.15) is 0 Å². The molecule has 3 aromatic heterocycles. The van der Waals surface area contributed by atoms with Gasteiger partial charge in [0, 0.05) is 49.3 Å². The SMILES string of the molecule is c1ccc(-c2nc(-c3ccccc3)nc(-c3cccc4oc5cc(-c6ccc(-n7c8ccccc8c8c9ccccc9c9ccccc9c87)cc6)ccc5c34)n2)cc1. The Morgan fingerprint density at radius 3 is 1.62 bits per heavy atom. The summed E-state index contributed by atoms with van der Waals surface area (Å²) in [6.07, 6.45) is 0. The highest BCUT2D eigenvalue weighted by molar-refractivity contribution is 6.32. The van der Waals surface area contributed by atoms with Crippen LogP contribution in [-0.4, -0.2) is 19.5 Å². The molecule has 0 N–H and O–H groups in total. The van der Waals surface area contributed by atoms with Crippen LogP contribution in [0.3, 0.4) is 0 Å². The van der Waals surface area contributed by atoms with E-state index in [1.807, 2.05) is 72.8 Å². The van der Waals surface area contributed by atoms with E-state index in [1.165, 1.54) is 43.4 Å². The first-order valence-corrected chi connectivity index (χ1v) is 19.5. The fraction of sp³-hybridized carbons (Fsp3) is 0. The van der Waals surface area contributed by atoms with Crippen molar-refractivity contribution in [2.75, 3.05) is 0 Å². The lowest BCUT2D eigenvalue weighted by atomic mass is 9.97. The van der Waals surface area contributed by atoms with Crippen LogP contribution >= 0.6 is 0 Å². The third-order valence-electron chi connectivity index (χ3n) is 11.4. The van der Waals surface area contributed by atoms with Crippen LogP contribution < -0.4 is 0 Å².